The molecular weight excluding hydrogens is 306 g/mol. The summed E-state index contributed by atoms with van der Waals surface area (Å²) in [6, 6.07) is 12.4. The van der Waals surface area contributed by atoms with Gasteiger partial charge < -0.3 is 0 Å². The second-order valence-corrected chi connectivity index (χ2v) is 6.08. The zero-order valence-corrected chi connectivity index (χ0v) is 12.6. The first-order valence-corrected chi connectivity index (χ1v) is 7.96. The van der Waals surface area contributed by atoms with Gasteiger partial charge in [0.25, 0.3) is 0 Å². The van der Waals surface area contributed by atoms with Crippen LogP contribution in [0.4, 0.5) is 5.82 Å². The molecule has 1 aromatic carbocycles. The van der Waals surface area contributed by atoms with Gasteiger partial charge in [-0.15, -0.1) is 11.3 Å². The van der Waals surface area contributed by atoms with Crippen LogP contribution in [0.1, 0.15) is 18.0 Å². The van der Waals surface area contributed by atoms with Crippen LogP contribution in [0.2, 0.25) is 5.28 Å². The van der Waals surface area contributed by atoms with Crippen LogP contribution in [0.5, 0.6) is 0 Å². The summed E-state index contributed by atoms with van der Waals surface area (Å²) in [5, 5.41) is 4.12. The summed E-state index contributed by atoms with van der Waals surface area (Å²) in [6.45, 7) is 0.675. The number of aromatic nitrogens is 2. The maximum atomic E-state index is 6.05. The Kier molecular flexibility index (Phi) is 3.25. The minimum Gasteiger partial charge on any atom is -0.271 e. The molecule has 0 N–H and O–H groups in total. The van der Waals surface area contributed by atoms with Gasteiger partial charge in [-0.2, -0.15) is 4.98 Å². The number of hydroxylamine groups is 1. The highest BCUT2D eigenvalue weighted by Crippen LogP contribution is 2.39. The van der Waals surface area contributed by atoms with Crippen LogP contribution < -0.4 is 5.06 Å². The Morgan fingerprint density at radius 2 is 2.05 bits per heavy atom. The van der Waals surface area contributed by atoms with Crippen LogP contribution in [0.3, 0.4) is 0 Å². The van der Waals surface area contributed by atoms with Gasteiger partial charge in [-0.1, -0.05) is 30.3 Å². The van der Waals surface area contributed by atoms with Crippen LogP contribution in [0.25, 0.3) is 10.2 Å². The van der Waals surface area contributed by atoms with Crippen molar-refractivity contribution in [2.45, 2.75) is 12.5 Å². The van der Waals surface area contributed by atoms with E-state index in [9.17, 15) is 0 Å². The fourth-order valence-electron chi connectivity index (χ4n) is 2.63. The monoisotopic (exact) mass is 317 g/mol. The number of benzene rings is 1. The Morgan fingerprint density at radius 1 is 1.19 bits per heavy atom. The van der Waals surface area contributed by atoms with Crippen molar-refractivity contribution < 1.29 is 4.84 Å². The fourth-order valence-corrected chi connectivity index (χ4v) is 3.61. The second-order valence-electron chi connectivity index (χ2n) is 4.83. The summed E-state index contributed by atoms with van der Waals surface area (Å²) < 4.78 is 1.00. The average molecular weight is 318 g/mol. The molecule has 1 fully saturated rings. The average Bonchev–Trinajstić information content (AvgIpc) is 3.16. The molecule has 6 heteroatoms. The van der Waals surface area contributed by atoms with Crippen LogP contribution in [0, 0.1) is 0 Å². The third-order valence-corrected chi connectivity index (χ3v) is 4.62. The second kappa shape index (κ2) is 5.26. The van der Waals surface area contributed by atoms with Gasteiger partial charge in [0.05, 0.1) is 22.9 Å². The fraction of sp³-hybridized carbons (Fsp3) is 0.200. The van der Waals surface area contributed by atoms with E-state index >= 15 is 0 Å². The Labute approximate surface area is 130 Å². The van der Waals surface area contributed by atoms with Gasteiger partial charge in [0.15, 0.2) is 5.82 Å². The Morgan fingerprint density at radius 3 is 2.90 bits per heavy atom. The number of nitrogens with zero attached hydrogens (tertiary/aromatic N) is 3. The molecule has 106 valence electrons. The van der Waals surface area contributed by atoms with Crippen molar-refractivity contribution >= 4 is 39.0 Å². The van der Waals surface area contributed by atoms with Crippen molar-refractivity contribution in [1.82, 2.24) is 9.97 Å². The van der Waals surface area contributed by atoms with Gasteiger partial charge in [0.2, 0.25) is 5.28 Å². The maximum Gasteiger partial charge on any atom is 0.225 e. The van der Waals surface area contributed by atoms with E-state index in [4.69, 9.17) is 16.4 Å². The highest BCUT2D eigenvalue weighted by atomic mass is 35.5. The number of thiophene rings is 1. The Bertz CT molecular complexity index is 777. The molecule has 2 aromatic heterocycles. The minimum absolute atomic E-state index is 0.155. The van der Waals surface area contributed by atoms with Crippen LogP contribution in [0.15, 0.2) is 41.8 Å². The molecular formula is C15H12ClN3OS. The Balaban J connectivity index is 1.82. The van der Waals surface area contributed by atoms with Crippen molar-refractivity contribution in [3.63, 3.8) is 0 Å². The summed E-state index contributed by atoms with van der Waals surface area (Å²) in [5.41, 5.74) is 2.08. The van der Waals surface area contributed by atoms with Crippen molar-refractivity contribution in [3.05, 3.63) is 52.6 Å². The van der Waals surface area contributed by atoms with Gasteiger partial charge in [-0.05, 0) is 28.6 Å². The molecule has 0 radical (unpaired) electrons. The largest absolute Gasteiger partial charge is 0.271 e. The third kappa shape index (κ3) is 2.27. The van der Waals surface area contributed by atoms with Crippen molar-refractivity contribution in [1.29, 1.82) is 0 Å². The van der Waals surface area contributed by atoms with Crippen LogP contribution in [-0.4, -0.2) is 16.6 Å². The van der Waals surface area contributed by atoms with Crippen LogP contribution >= 0.6 is 22.9 Å². The molecule has 4 rings (SSSR count). The third-order valence-electron chi connectivity index (χ3n) is 3.56. The molecule has 3 heterocycles. The lowest BCUT2D eigenvalue weighted by atomic mass is 10.0. The highest BCUT2D eigenvalue weighted by molar-refractivity contribution is 7.17. The van der Waals surface area contributed by atoms with Crippen molar-refractivity contribution in [3.8, 4) is 0 Å². The van der Waals surface area contributed by atoms with Gasteiger partial charge in [-0.3, -0.25) is 4.84 Å². The van der Waals surface area contributed by atoms with E-state index in [1.807, 2.05) is 34.7 Å². The van der Waals surface area contributed by atoms with Gasteiger partial charge in [0, 0.05) is 6.42 Å². The standard InChI is InChI=1S/C15H12ClN3OS/c16-15-17-11-7-9-21-13(11)14(18-15)19-12(6-8-20-19)10-4-2-1-3-5-10/h1-5,7,9,12H,6,8H2. The highest BCUT2D eigenvalue weighted by Gasteiger charge is 2.30. The molecule has 0 saturated carbocycles. The number of halogens is 1. The molecule has 0 spiro atoms. The quantitative estimate of drug-likeness (QED) is 0.663. The predicted octanol–water partition coefficient (Wildman–Crippen LogP) is 4.23. The molecule has 1 aliphatic heterocycles. The first-order chi connectivity index (χ1) is 10.3. The first kappa shape index (κ1) is 13.0. The number of rotatable bonds is 2. The smallest absolute Gasteiger partial charge is 0.225 e. The minimum atomic E-state index is 0.155. The topological polar surface area (TPSA) is 38.2 Å². The number of anilines is 1. The van der Waals surface area contributed by atoms with Crippen molar-refractivity contribution in [2.75, 3.05) is 11.7 Å². The van der Waals surface area contributed by atoms with E-state index in [0.717, 1.165) is 22.5 Å². The van der Waals surface area contributed by atoms with E-state index in [0.29, 0.717) is 6.61 Å². The van der Waals surface area contributed by atoms with E-state index in [1.165, 1.54) is 5.56 Å². The Hall–Kier alpha value is -1.69. The molecule has 21 heavy (non-hydrogen) atoms. The van der Waals surface area contributed by atoms with E-state index in [1.54, 1.807) is 11.3 Å². The zero-order chi connectivity index (χ0) is 14.2. The van der Waals surface area contributed by atoms with E-state index in [2.05, 4.69) is 22.1 Å². The molecule has 1 aliphatic rings. The van der Waals surface area contributed by atoms with E-state index < -0.39 is 0 Å². The normalized spacial score (nSPS) is 18.5. The number of hydrogen-bond donors (Lipinski definition) is 0. The first-order valence-electron chi connectivity index (χ1n) is 6.71. The lowest BCUT2D eigenvalue weighted by molar-refractivity contribution is 0.157. The number of fused-ring (bicyclic) bond motifs is 1. The molecule has 4 nitrogen and oxygen atoms in total. The summed E-state index contributed by atoms with van der Waals surface area (Å²) in [7, 11) is 0. The van der Waals surface area contributed by atoms with Crippen LogP contribution in [-0.2, 0) is 4.84 Å². The summed E-state index contributed by atoms with van der Waals surface area (Å²) in [4.78, 5) is 14.5. The molecule has 0 amide bonds. The molecule has 1 atom stereocenters. The molecule has 1 saturated heterocycles. The maximum absolute atomic E-state index is 6.05. The lowest BCUT2D eigenvalue weighted by Crippen LogP contribution is -2.22. The predicted molar refractivity (Wildman–Crippen MR) is 84.7 cm³/mol. The summed E-state index contributed by atoms with van der Waals surface area (Å²) in [6.07, 6.45) is 0.929. The summed E-state index contributed by atoms with van der Waals surface area (Å²) >= 11 is 7.65. The molecule has 1 unspecified atom stereocenters. The number of hydrogen-bond acceptors (Lipinski definition) is 5. The molecule has 3 aromatic rings. The molecule has 0 aliphatic carbocycles. The molecule has 0 bridgehead atoms. The van der Waals surface area contributed by atoms with Gasteiger partial charge >= 0.3 is 0 Å². The van der Waals surface area contributed by atoms with Crippen molar-refractivity contribution in [2.24, 2.45) is 0 Å². The van der Waals surface area contributed by atoms with Gasteiger partial charge in [-0.25, -0.2) is 10.0 Å². The summed E-state index contributed by atoms with van der Waals surface area (Å²) in [5.74, 6) is 0.756. The SMILES string of the molecule is Clc1nc(N2OCCC2c2ccccc2)c2sccc2n1. The van der Waals surface area contributed by atoms with Gasteiger partial charge in [0.1, 0.15) is 0 Å². The lowest BCUT2D eigenvalue weighted by Gasteiger charge is -2.24. The van der Waals surface area contributed by atoms with E-state index in [-0.39, 0.29) is 11.3 Å². The zero-order valence-electron chi connectivity index (χ0n) is 11.1.